The molecule has 0 bridgehead atoms. The number of hydrogen-bond donors (Lipinski definition) is 2. The first-order chi connectivity index (χ1) is 12.2. The summed E-state index contributed by atoms with van der Waals surface area (Å²) in [6, 6.07) is 17.0. The first-order valence-electron chi connectivity index (χ1n) is 8.13. The molecule has 0 fully saturated rings. The third-order valence-electron chi connectivity index (χ3n) is 4.11. The van der Waals surface area contributed by atoms with Gasteiger partial charge in [0.05, 0.1) is 5.39 Å². The van der Waals surface area contributed by atoms with Crippen LogP contribution in [0.15, 0.2) is 60.9 Å². The van der Waals surface area contributed by atoms with E-state index < -0.39 is 0 Å². The van der Waals surface area contributed by atoms with Crippen molar-refractivity contribution in [3.63, 3.8) is 0 Å². The number of benzene rings is 2. The smallest absolute Gasteiger partial charge is 0.231 e. The molecule has 0 spiro atoms. The van der Waals surface area contributed by atoms with E-state index in [4.69, 9.17) is 4.74 Å². The zero-order valence-corrected chi connectivity index (χ0v) is 13.7. The first-order valence-corrected chi connectivity index (χ1v) is 8.13. The Balaban J connectivity index is 1.71. The second kappa shape index (κ2) is 6.28. The van der Waals surface area contributed by atoms with Crippen molar-refractivity contribution < 1.29 is 9.84 Å². The summed E-state index contributed by atoms with van der Waals surface area (Å²) in [5, 5.41) is 10.2. The number of aromatic nitrogens is 3. The van der Waals surface area contributed by atoms with E-state index in [2.05, 4.69) is 46.1 Å². The van der Waals surface area contributed by atoms with Crippen LogP contribution in [-0.2, 0) is 6.42 Å². The van der Waals surface area contributed by atoms with Gasteiger partial charge in [0.2, 0.25) is 5.88 Å². The van der Waals surface area contributed by atoms with Gasteiger partial charge in [0.15, 0.2) is 0 Å². The van der Waals surface area contributed by atoms with Crippen LogP contribution in [0.5, 0.6) is 17.4 Å². The summed E-state index contributed by atoms with van der Waals surface area (Å²) >= 11 is 0. The first kappa shape index (κ1) is 15.2. The largest absolute Gasteiger partial charge is 0.508 e. The number of aromatic hydroxyl groups is 1. The van der Waals surface area contributed by atoms with Crippen LogP contribution in [0.25, 0.3) is 22.3 Å². The van der Waals surface area contributed by atoms with Crippen molar-refractivity contribution in [2.75, 3.05) is 0 Å². The molecule has 0 unspecified atom stereocenters. The maximum atomic E-state index is 9.38. The number of aryl methyl sites for hydroxylation is 1. The highest BCUT2D eigenvalue weighted by atomic mass is 16.5. The summed E-state index contributed by atoms with van der Waals surface area (Å²) in [5.74, 6) is 1.27. The Kier molecular flexibility index (Phi) is 3.82. The number of H-pyrrole nitrogens is 1. The summed E-state index contributed by atoms with van der Waals surface area (Å²) in [6.07, 6.45) is 2.49. The molecule has 0 saturated carbocycles. The predicted octanol–water partition coefficient (Wildman–Crippen LogP) is 4.69. The number of phenols is 1. The Hall–Kier alpha value is -3.34. The fraction of sp³-hybridized carbons (Fsp3) is 0.100. The standard InChI is InChI=1S/C20H17N3O2/c1-2-13-3-5-14(6-4-13)18-11-17-19(23-18)21-12-22-20(17)25-16-9-7-15(24)8-10-16/h3-12,24H,2H2,1H3,(H,21,22,23). The second-order valence-electron chi connectivity index (χ2n) is 5.77. The molecule has 4 rings (SSSR count). The number of ether oxygens (including phenoxy) is 1. The highest BCUT2D eigenvalue weighted by molar-refractivity contribution is 5.87. The van der Waals surface area contributed by atoms with Gasteiger partial charge in [0, 0.05) is 5.69 Å². The molecule has 0 atom stereocenters. The topological polar surface area (TPSA) is 71.0 Å². The minimum absolute atomic E-state index is 0.194. The minimum Gasteiger partial charge on any atom is -0.508 e. The van der Waals surface area contributed by atoms with Gasteiger partial charge in [-0.25, -0.2) is 9.97 Å². The maximum Gasteiger partial charge on any atom is 0.231 e. The third kappa shape index (κ3) is 3.04. The van der Waals surface area contributed by atoms with Crippen LogP contribution in [0, 0.1) is 0 Å². The quantitative estimate of drug-likeness (QED) is 0.569. The van der Waals surface area contributed by atoms with Gasteiger partial charge in [0.1, 0.15) is 23.5 Å². The molecular weight excluding hydrogens is 314 g/mol. The summed E-state index contributed by atoms with van der Waals surface area (Å²) in [5.41, 5.74) is 4.08. The van der Waals surface area contributed by atoms with E-state index in [0.29, 0.717) is 11.6 Å². The Morgan fingerprint density at radius 2 is 1.76 bits per heavy atom. The lowest BCUT2D eigenvalue weighted by atomic mass is 10.1. The van der Waals surface area contributed by atoms with E-state index in [1.807, 2.05) is 6.07 Å². The van der Waals surface area contributed by atoms with Crippen LogP contribution < -0.4 is 4.74 Å². The highest BCUT2D eigenvalue weighted by Crippen LogP contribution is 2.31. The Bertz CT molecular complexity index is 1010. The van der Waals surface area contributed by atoms with Crippen molar-refractivity contribution in [2.24, 2.45) is 0 Å². The summed E-state index contributed by atoms with van der Waals surface area (Å²) in [6.45, 7) is 2.14. The van der Waals surface area contributed by atoms with E-state index in [0.717, 1.165) is 28.7 Å². The molecule has 0 amide bonds. The molecule has 0 saturated heterocycles. The van der Waals surface area contributed by atoms with Crippen molar-refractivity contribution in [1.82, 2.24) is 15.0 Å². The zero-order valence-electron chi connectivity index (χ0n) is 13.7. The summed E-state index contributed by atoms with van der Waals surface area (Å²) in [7, 11) is 0. The molecule has 0 aliphatic carbocycles. The van der Waals surface area contributed by atoms with E-state index in [9.17, 15) is 5.11 Å². The van der Waals surface area contributed by atoms with Crippen molar-refractivity contribution >= 4 is 11.0 Å². The normalized spacial score (nSPS) is 10.9. The van der Waals surface area contributed by atoms with E-state index in [1.54, 1.807) is 24.3 Å². The third-order valence-corrected chi connectivity index (χ3v) is 4.11. The summed E-state index contributed by atoms with van der Waals surface area (Å²) < 4.78 is 5.85. The van der Waals surface area contributed by atoms with Crippen molar-refractivity contribution in [1.29, 1.82) is 0 Å². The lowest BCUT2D eigenvalue weighted by Crippen LogP contribution is -1.89. The van der Waals surface area contributed by atoms with Crippen LogP contribution in [0.1, 0.15) is 12.5 Å². The Labute approximate surface area is 145 Å². The lowest BCUT2D eigenvalue weighted by molar-refractivity contribution is 0.457. The van der Waals surface area contributed by atoms with Crippen molar-refractivity contribution in [3.8, 4) is 28.6 Å². The number of nitrogens with one attached hydrogen (secondary N) is 1. The molecule has 5 heteroatoms. The fourth-order valence-electron chi connectivity index (χ4n) is 2.70. The maximum absolute atomic E-state index is 9.38. The van der Waals surface area contributed by atoms with Crippen molar-refractivity contribution in [2.45, 2.75) is 13.3 Å². The van der Waals surface area contributed by atoms with Gasteiger partial charge in [-0.3, -0.25) is 0 Å². The molecule has 2 heterocycles. The molecule has 0 aliphatic rings. The molecule has 2 aromatic heterocycles. The number of aromatic amines is 1. The molecule has 4 aromatic rings. The van der Waals surface area contributed by atoms with Gasteiger partial charge in [-0.05, 0) is 47.9 Å². The van der Waals surface area contributed by atoms with Crippen LogP contribution in [0.4, 0.5) is 0 Å². The van der Waals surface area contributed by atoms with Gasteiger partial charge in [-0.2, -0.15) is 0 Å². The highest BCUT2D eigenvalue weighted by Gasteiger charge is 2.11. The number of phenolic OH excluding ortho intramolecular Hbond substituents is 1. The van der Waals surface area contributed by atoms with Gasteiger partial charge in [0.25, 0.3) is 0 Å². The average Bonchev–Trinajstić information content (AvgIpc) is 3.09. The molecular formula is C20H17N3O2. The number of fused-ring (bicyclic) bond motifs is 1. The van der Waals surface area contributed by atoms with E-state index >= 15 is 0 Å². The predicted molar refractivity (Wildman–Crippen MR) is 96.9 cm³/mol. The van der Waals surface area contributed by atoms with Gasteiger partial charge in [-0.15, -0.1) is 0 Å². The van der Waals surface area contributed by atoms with Crippen LogP contribution >= 0.6 is 0 Å². The second-order valence-corrected chi connectivity index (χ2v) is 5.77. The molecule has 25 heavy (non-hydrogen) atoms. The molecule has 5 nitrogen and oxygen atoms in total. The minimum atomic E-state index is 0.194. The molecule has 2 aromatic carbocycles. The van der Waals surface area contributed by atoms with E-state index in [-0.39, 0.29) is 5.75 Å². The van der Waals surface area contributed by atoms with Gasteiger partial charge < -0.3 is 14.8 Å². The van der Waals surface area contributed by atoms with Crippen molar-refractivity contribution in [3.05, 3.63) is 66.5 Å². The van der Waals surface area contributed by atoms with Gasteiger partial charge >= 0.3 is 0 Å². The number of nitrogens with zero attached hydrogens (tertiary/aromatic N) is 2. The van der Waals surface area contributed by atoms with E-state index in [1.165, 1.54) is 11.9 Å². The number of rotatable bonds is 4. The van der Waals surface area contributed by atoms with Crippen LogP contribution in [0.3, 0.4) is 0 Å². The Morgan fingerprint density at radius 1 is 1.00 bits per heavy atom. The molecule has 124 valence electrons. The lowest BCUT2D eigenvalue weighted by Gasteiger charge is -2.05. The average molecular weight is 331 g/mol. The molecule has 0 aliphatic heterocycles. The summed E-state index contributed by atoms with van der Waals surface area (Å²) in [4.78, 5) is 11.8. The van der Waals surface area contributed by atoms with Crippen LogP contribution in [-0.4, -0.2) is 20.1 Å². The Morgan fingerprint density at radius 3 is 2.48 bits per heavy atom. The number of hydrogen-bond acceptors (Lipinski definition) is 4. The SMILES string of the molecule is CCc1ccc(-c2cc3c(Oc4ccc(O)cc4)ncnc3[nH]2)cc1. The molecule has 2 N–H and O–H groups in total. The fourth-order valence-corrected chi connectivity index (χ4v) is 2.70. The monoisotopic (exact) mass is 331 g/mol. The van der Waals surface area contributed by atoms with Crippen LogP contribution in [0.2, 0.25) is 0 Å². The molecule has 0 radical (unpaired) electrons. The zero-order chi connectivity index (χ0) is 17.2. The van der Waals surface area contributed by atoms with Gasteiger partial charge in [-0.1, -0.05) is 31.2 Å².